The Morgan fingerprint density at radius 1 is 1.64 bits per heavy atom. The van der Waals surface area contributed by atoms with Crippen molar-refractivity contribution in [1.82, 2.24) is 0 Å². The molecular formula is C9H8ClNO3. The topological polar surface area (TPSA) is 55.7 Å². The normalized spacial score (nSPS) is 19.4. The SMILES string of the molecule is O=[N+]([O-])c1ccc(CC2CO2)cc1Cl. The molecule has 1 aromatic rings. The number of nitro groups is 1. The van der Waals surface area contributed by atoms with E-state index in [1.54, 1.807) is 12.1 Å². The average molecular weight is 214 g/mol. The van der Waals surface area contributed by atoms with Crippen molar-refractivity contribution in [1.29, 1.82) is 0 Å². The molecule has 1 saturated heterocycles. The highest BCUT2D eigenvalue weighted by molar-refractivity contribution is 6.32. The lowest BCUT2D eigenvalue weighted by atomic mass is 10.1. The fourth-order valence-corrected chi connectivity index (χ4v) is 1.55. The lowest BCUT2D eigenvalue weighted by Gasteiger charge is -1.99. The molecule has 0 radical (unpaired) electrons. The van der Waals surface area contributed by atoms with E-state index in [1.807, 2.05) is 0 Å². The monoisotopic (exact) mass is 213 g/mol. The molecule has 1 fully saturated rings. The van der Waals surface area contributed by atoms with E-state index in [2.05, 4.69) is 0 Å². The van der Waals surface area contributed by atoms with Crippen molar-refractivity contribution < 1.29 is 9.66 Å². The molecule has 0 saturated carbocycles. The molecule has 0 spiro atoms. The minimum atomic E-state index is -0.486. The van der Waals surface area contributed by atoms with Crippen molar-refractivity contribution in [2.75, 3.05) is 6.61 Å². The molecule has 1 unspecified atom stereocenters. The molecule has 4 nitrogen and oxygen atoms in total. The number of ether oxygens (including phenoxy) is 1. The summed E-state index contributed by atoms with van der Waals surface area (Å²) in [5, 5.41) is 10.7. The van der Waals surface area contributed by atoms with Crippen LogP contribution in [-0.2, 0) is 11.2 Å². The van der Waals surface area contributed by atoms with Gasteiger partial charge >= 0.3 is 0 Å². The van der Waals surface area contributed by atoms with Crippen molar-refractivity contribution in [3.05, 3.63) is 38.9 Å². The predicted octanol–water partition coefficient (Wildman–Crippen LogP) is 2.19. The molecule has 2 rings (SSSR count). The molecule has 0 aromatic heterocycles. The number of rotatable bonds is 3. The Hall–Kier alpha value is -1.13. The van der Waals surface area contributed by atoms with E-state index in [9.17, 15) is 10.1 Å². The summed E-state index contributed by atoms with van der Waals surface area (Å²) in [6.07, 6.45) is 1.05. The molecule has 0 bridgehead atoms. The van der Waals surface area contributed by atoms with Crippen molar-refractivity contribution >= 4 is 17.3 Å². The van der Waals surface area contributed by atoms with Gasteiger partial charge in [-0.15, -0.1) is 0 Å². The van der Waals surface area contributed by atoms with Crippen LogP contribution in [-0.4, -0.2) is 17.6 Å². The Kier molecular flexibility index (Phi) is 2.39. The molecule has 1 aromatic carbocycles. The number of halogens is 1. The van der Waals surface area contributed by atoms with Gasteiger partial charge in [0.2, 0.25) is 0 Å². The molecular weight excluding hydrogens is 206 g/mol. The Bertz CT molecular complexity index is 376. The third kappa shape index (κ3) is 2.02. The summed E-state index contributed by atoms with van der Waals surface area (Å²) < 4.78 is 5.05. The van der Waals surface area contributed by atoms with Crippen molar-refractivity contribution in [2.45, 2.75) is 12.5 Å². The highest BCUT2D eigenvalue weighted by atomic mass is 35.5. The molecule has 0 N–H and O–H groups in total. The predicted molar refractivity (Wildman–Crippen MR) is 51.6 cm³/mol. The van der Waals surface area contributed by atoms with Crippen LogP contribution in [0.4, 0.5) is 5.69 Å². The maximum absolute atomic E-state index is 10.5. The molecule has 0 aliphatic carbocycles. The summed E-state index contributed by atoms with van der Waals surface area (Å²) in [6.45, 7) is 0.772. The maximum Gasteiger partial charge on any atom is 0.287 e. The van der Waals surface area contributed by atoms with E-state index < -0.39 is 4.92 Å². The number of benzene rings is 1. The minimum absolute atomic E-state index is 0.0490. The average Bonchev–Trinajstić information content (AvgIpc) is 2.87. The zero-order valence-electron chi connectivity index (χ0n) is 7.27. The Labute approximate surface area is 85.6 Å². The highest BCUT2D eigenvalue weighted by Crippen LogP contribution is 2.26. The first kappa shape index (κ1) is 9.43. The largest absolute Gasteiger partial charge is 0.373 e. The summed E-state index contributed by atoms with van der Waals surface area (Å²) in [4.78, 5) is 9.98. The van der Waals surface area contributed by atoms with E-state index in [0.29, 0.717) is 0 Å². The van der Waals surface area contributed by atoms with Crippen LogP contribution in [0.25, 0.3) is 0 Å². The lowest BCUT2D eigenvalue weighted by molar-refractivity contribution is -0.384. The van der Waals surface area contributed by atoms with Crippen LogP contribution in [0.2, 0.25) is 5.02 Å². The van der Waals surface area contributed by atoms with Crippen LogP contribution in [0, 0.1) is 10.1 Å². The summed E-state index contributed by atoms with van der Waals surface area (Å²) in [5.41, 5.74) is 0.926. The third-order valence-corrected chi connectivity index (χ3v) is 2.38. The molecule has 5 heteroatoms. The lowest BCUT2D eigenvalue weighted by Crippen LogP contribution is -1.95. The molecule has 0 amide bonds. The maximum atomic E-state index is 10.5. The van der Waals surface area contributed by atoms with E-state index in [0.717, 1.165) is 18.6 Å². The third-order valence-electron chi connectivity index (χ3n) is 2.07. The summed E-state index contributed by atoms with van der Waals surface area (Å²) in [6, 6.07) is 4.77. The van der Waals surface area contributed by atoms with Gasteiger partial charge in [-0.1, -0.05) is 17.7 Å². The fourth-order valence-electron chi connectivity index (χ4n) is 1.27. The molecule has 14 heavy (non-hydrogen) atoms. The van der Waals surface area contributed by atoms with Gasteiger partial charge in [0.05, 0.1) is 17.6 Å². The molecule has 1 aliphatic rings. The second-order valence-corrected chi connectivity index (χ2v) is 3.61. The van der Waals surface area contributed by atoms with E-state index in [-0.39, 0.29) is 16.8 Å². The first-order chi connectivity index (χ1) is 6.66. The quantitative estimate of drug-likeness (QED) is 0.439. The Morgan fingerprint density at radius 2 is 2.36 bits per heavy atom. The first-order valence-electron chi connectivity index (χ1n) is 4.21. The molecule has 1 atom stereocenters. The van der Waals surface area contributed by atoms with Gasteiger partial charge in [-0.2, -0.15) is 0 Å². The summed E-state index contributed by atoms with van der Waals surface area (Å²) in [7, 11) is 0. The molecule has 1 aliphatic heterocycles. The Balaban J connectivity index is 2.20. The Morgan fingerprint density at radius 3 is 2.86 bits per heavy atom. The zero-order chi connectivity index (χ0) is 10.1. The van der Waals surface area contributed by atoms with Gasteiger partial charge in [0.15, 0.2) is 0 Å². The number of epoxide rings is 1. The summed E-state index contributed by atoms with van der Waals surface area (Å²) >= 11 is 5.75. The van der Waals surface area contributed by atoms with Crippen LogP contribution in [0.1, 0.15) is 5.56 Å². The van der Waals surface area contributed by atoms with Crippen LogP contribution >= 0.6 is 11.6 Å². The van der Waals surface area contributed by atoms with Crippen LogP contribution in [0.15, 0.2) is 18.2 Å². The van der Waals surface area contributed by atoms with Gasteiger partial charge in [0.25, 0.3) is 5.69 Å². The minimum Gasteiger partial charge on any atom is -0.373 e. The van der Waals surface area contributed by atoms with Crippen LogP contribution in [0.3, 0.4) is 0 Å². The second-order valence-electron chi connectivity index (χ2n) is 3.20. The van der Waals surface area contributed by atoms with Gasteiger partial charge in [-0.3, -0.25) is 10.1 Å². The smallest absolute Gasteiger partial charge is 0.287 e. The van der Waals surface area contributed by atoms with Gasteiger partial charge in [-0.05, 0) is 11.6 Å². The number of hydrogen-bond acceptors (Lipinski definition) is 3. The zero-order valence-corrected chi connectivity index (χ0v) is 8.03. The van der Waals surface area contributed by atoms with Crippen LogP contribution < -0.4 is 0 Å². The van der Waals surface area contributed by atoms with E-state index >= 15 is 0 Å². The van der Waals surface area contributed by atoms with Gasteiger partial charge in [0, 0.05) is 12.5 Å². The highest BCUT2D eigenvalue weighted by Gasteiger charge is 2.23. The van der Waals surface area contributed by atoms with Crippen LogP contribution in [0.5, 0.6) is 0 Å². The van der Waals surface area contributed by atoms with Gasteiger partial charge < -0.3 is 4.74 Å². The number of hydrogen-bond donors (Lipinski definition) is 0. The molecule has 1 heterocycles. The van der Waals surface area contributed by atoms with Crippen molar-refractivity contribution in [2.24, 2.45) is 0 Å². The number of nitrogens with zero attached hydrogens (tertiary/aromatic N) is 1. The van der Waals surface area contributed by atoms with Crippen molar-refractivity contribution in [3.8, 4) is 0 Å². The summed E-state index contributed by atoms with van der Waals surface area (Å²) in [5.74, 6) is 0. The van der Waals surface area contributed by atoms with E-state index in [4.69, 9.17) is 16.3 Å². The van der Waals surface area contributed by atoms with E-state index in [1.165, 1.54) is 6.07 Å². The number of nitro benzene ring substituents is 1. The fraction of sp³-hybridized carbons (Fsp3) is 0.333. The molecule has 74 valence electrons. The second kappa shape index (κ2) is 3.55. The van der Waals surface area contributed by atoms with Gasteiger partial charge in [-0.25, -0.2) is 0 Å². The standard InChI is InChI=1S/C9H8ClNO3/c10-8-4-6(3-7-5-14-7)1-2-9(8)11(12)13/h1-2,4,7H,3,5H2. The first-order valence-corrected chi connectivity index (χ1v) is 4.59. The van der Waals surface area contributed by atoms with Crippen molar-refractivity contribution in [3.63, 3.8) is 0 Å². The van der Waals surface area contributed by atoms with Gasteiger partial charge in [0.1, 0.15) is 5.02 Å².